The predicted molar refractivity (Wildman–Crippen MR) is 75.6 cm³/mol. The number of hydrogen-bond acceptors (Lipinski definition) is 3. The molecule has 0 aromatic carbocycles. The van der Waals surface area contributed by atoms with E-state index in [2.05, 4.69) is 40.8 Å². The lowest BCUT2D eigenvalue weighted by Gasteiger charge is -2.40. The lowest BCUT2D eigenvalue weighted by atomic mass is 9.93. The van der Waals surface area contributed by atoms with Gasteiger partial charge in [-0.05, 0) is 24.6 Å². The Kier molecular flexibility index (Phi) is 4.51. The van der Waals surface area contributed by atoms with Crippen LogP contribution < -0.4 is 0 Å². The Morgan fingerprint density at radius 3 is 2.29 bits per heavy atom. The van der Waals surface area contributed by atoms with E-state index in [1.54, 1.807) is 0 Å². The smallest absolute Gasteiger partial charge is 0.192 e. The van der Waals surface area contributed by atoms with Crippen molar-refractivity contribution in [2.75, 3.05) is 0 Å². The Morgan fingerprint density at radius 2 is 1.88 bits per heavy atom. The molecule has 3 nitrogen and oxygen atoms in total. The van der Waals surface area contributed by atoms with E-state index >= 15 is 0 Å². The van der Waals surface area contributed by atoms with Crippen LogP contribution >= 0.6 is 0 Å². The Balaban J connectivity index is 2.79. The lowest BCUT2D eigenvalue weighted by molar-refractivity contribution is 0.0286. The van der Waals surface area contributed by atoms with Crippen LogP contribution in [-0.2, 0) is 9.16 Å². The highest BCUT2D eigenvalue weighted by molar-refractivity contribution is 6.74. The van der Waals surface area contributed by atoms with E-state index in [0.29, 0.717) is 0 Å². The van der Waals surface area contributed by atoms with E-state index in [1.807, 2.05) is 7.85 Å². The second-order valence-electron chi connectivity index (χ2n) is 6.62. The van der Waals surface area contributed by atoms with Crippen LogP contribution in [-0.4, -0.2) is 45.6 Å². The van der Waals surface area contributed by atoms with Crippen molar-refractivity contribution in [3.8, 4) is 0 Å². The minimum Gasteiger partial charge on any atom is -0.409 e. The van der Waals surface area contributed by atoms with Crippen LogP contribution in [0.3, 0.4) is 0 Å². The summed E-state index contributed by atoms with van der Waals surface area (Å²) in [5, 5.41) is 10.3. The van der Waals surface area contributed by atoms with Gasteiger partial charge in [-0.25, -0.2) is 0 Å². The summed E-state index contributed by atoms with van der Waals surface area (Å²) in [5.74, 6) is 0. The van der Waals surface area contributed by atoms with Gasteiger partial charge in [-0.3, -0.25) is 0 Å². The Hall–Kier alpha value is 0.162. The molecule has 1 saturated heterocycles. The van der Waals surface area contributed by atoms with Crippen molar-refractivity contribution < 1.29 is 14.3 Å². The molecule has 1 unspecified atom stereocenters. The monoisotopic (exact) mass is 258 g/mol. The summed E-state index contributed by atoms with van der Waals surface area (Å²) in [6.07, 6.45) is 0.278. The molecule has 0 aromatic heterocycles. The fourth-order valence-electron chi connectivity index (χ4n) is 1.91. The number of aliphatic hydroxyl groups excluding tert-OH is 1. The van der Waals surface area contributed by atoms with Crippen molar-refractivity contribution in [3.63, 3.8) is 0 Å². The maximum Gasteiger partial charge on any atom is 0.192 e. The molecule has 0 radical (unpaired) electrons. The van der Waals surface area contributed by atoms with Crippen molar-refractivity contribution >= 4 is 16.2 Å². The molecule has 0 aromatic rings. The van der Waals surface area contributed by atoms with E-state index in [1.165, 1.54) is 0 Å². The van der Waals surface area contributed by atoms with Crippen LogP contribution in [0.15, 0.2) is 0 Å². The summed E-state index contributed by atoms with van der Waals surface area (Å²) in [7, 11) is 0.0796. The molecule has 1 aliphatic heterocycles. The molecule has 1 rings (SSSR count). The molecule has 0 spiro atoms. The molecular formula is C12H27BO3Si. The molecular weight excluding hydrogens is 231 g/mol. The molecule has 17 heavy (non-hydrogen) atoms. The largest absolute Gasteiger partial charge is 0.409 e. The van der Waals surface area contributed by atoms with E-state index in [-0.39, 0.29) is 23.2 Å². The van der Waals surface area contributed by atoms with Gasteiger partial charge in [-0.15, -0.1) is 0 Å². The standard InChI is InChI=1S/C12H27BO3Si/c1-7-8-10(9(14)11(13)15-8)16-17(5,6)12(2,3)4/h8-11,14H,7,13H2,1-6H3/t8-,9+,10?,11-/m1/s1. The van der Waals surface area contributed by atoms with Gasteiger partial charge in [0.25, 0.3) is 0 Å². The summed E-state index contributed by atoms with van der Waals surface area (Å²) in [6.45, 7) is 13.2. The molecule has 0 amide bonds. The summed E-state index contributed by atoms with van der Waals surface area (Å²) in [4.78, 5) is 0. The number of hydrogen-bond donors (Lipinski definition) is 1. The van der Waals surface area contributed by atoms with Gasteiger partial charge in [0.15, 0.2) is 8.32 Å². The van der Waals surface area contributed by atoms with Crippen molar-refractivity contribution in [3.05, 3.63) is 0 Å². The molecule has 0 aliphatic carbocycles. The van der Waals surface area contributed by atoms with Crippen LogP contribution in [0.1, 0.15) is 34.1 Å². The quantitative estimate of drug-likeness (QED) is 0.780. The van der Waals surface area contributed by atoms with E-state index in [4.69, 9.17) is 9.16 Å². The minimum atomic E-state index is -1.84. The predicted octanol–water partition coefficient (Wildman–Crippen LogP) is 1.51. The van der Waals surface area contributed by atoms with Crippen LogP contribution in [0.2, 0.25) is 18.1 Å². The first-order chi connectivity index (χ1) is 7.60. The lowest BCUT2D eigenvalue weighted by Crippen LogP contribution is -2.49. The van der Waals surface area contributed by atoms with Crippen molar-refractivity contribution in [1.82, 2.24) is 0 Å². The first kappa shape index (κ1) is 15.2. The summed E-state index contributed by atoms with van der Waals surface area (Å²) >= 11 is 0. The van der Waals surface area contributed by atoms with Crippen molar-refractivity contribution in [1.29, 1.82) is 0 Å². The molecule has 100 valence electrons. The van der Waals surface area contributed by atoms with Crippen LogP contribution in [0.25, 0.3) is 0 Å². The number of rotatable bonds is 3. The van der Waals surface area contributed by atoms with Gasteiger partial charge < -0.3 is 14.3 Å². The summed E-state index contributed by atoms with van der Waals surface area (Å²) < 4.78 is 12.1. The van der Waals surface area contributed by atoms with Crippen LogP contribution in [0.4, 0.5) is 0 Å². The van der Waals surface area contributed by atoms with Gasteiger partial charge in [0, 0.05) is 0 Å². The average molecular weight is 258 g/mol. The maximum atomic E-state index is 10.2. The zero-order chi connectivity index (χ0) is 13.4. The Bertz CT molecular complexity index is 265. The van der Waals surface area contributed by atoms with Gasteiger partial charge in [0.1, 0.15) is 7.85 Å². The van der Waals surface area contributed by atoms with Gasteiger partial charge in [-0.2, -0.15) is 0 Å². The molecule has 5 heteroatoms. The first-order valence-corrected chi connectivity index (χ1v) is 9.52. The van der Waals surface area contributed by atoms with Crippen LogP contribution in [0.5, 0.6) is 0 Å². The zero-order valence-electron chi connectivity index (χ0n) is 12.3. The highest BCUT2D eigenvalue weighted by Gasteiger charge is 2.47. The molecule has 1 N–H and O–H groups in total. The van der Waals surface area contributed by atoms with Crippen molar-refractivity contribution in [2.24, 2.45) is 0 Å². The van der Waals surface area contributed by atoms with Crippen molar-refractivity contribution in [2.45, 2.75) is 76.6 Å². The minimum absolute atomic E-state index is 0.0362. The van der Waals surface area contributed by atoms with E-state index in [9.17, 15) is 5.11 Å². The third-order valence-corrected chi connectivity index (χ3v) is 8.69. The van der Waals surface area contributed by atoms with E-state index < -0.39 is 14.4 Å². The van der Waals surface area contributed by atoms with Gasteiger partial charge in [0.2, 0.25) is 0 Å². The summed E-state index contributed by atoms with van der Waals surface area (Å²) in [5.41, 5.74) is 0. The summed E-state index contributed by atoms with van der Waals surface area (Å²) in [6, 6.07) is -0.116. The SMILES string of the molecule is B[C@@H]1O[C@H](CC)C(O[Si](C)(C)C(C)(C)C)[C@@H]1O. The first-order valence-electron chi connectivity index (χ1n) is 6.61. The normalized spacial score (nSPS) is 35.2. The highest BCUT2D eigenvalue weighted by atomic mass is 28.4. The van der Waals surface area contributed by atoms with E-state index in [0.717, 1.165) is 6.42 Å². The highest BCUT2D eigenvalue weighted by Crippen LogP contribution is 2.39. The Morgan fingerprint density at radius 1 is 1.35 bits per heavy atom. The Labute approximate surface area is 107 Å². The van der Waals surface area contributed by atoms with Gasteiger partial charge in [-0.1, -0.05) is 27.7 Å². The molecule has 0 bridgehead atoms. The molecule has 1 fully saturated rings. The third kappa shape index (κ3) is 3.13. The topological polar surface area (TPSA) is 38.7 Å². The number of aliphatic hydroxyl groups is 1. The molecule has 1 aliphatic rings. The molecule has 1 heterocycles. The third-order valence-electron chi connectivity index (χ3n) is 4.21. The molecule has 4 atom stereocenters. The average Bonchev–Trinajstić information content (AvgIpc) is 2.43. The van der Waals surface area contributed by atoms with Gasteiger partial charge >= 0.3 is 0 Å². The maximum absolute atomic E-state index is 10.2. The van der Waals surface area contributed by atoms with Crippen LogP contribution in [0, 0.1) is 0 Å². The second-order valence-corrected chi connectivity index (χ2v) is 11.4. The number of ether oxygens (including phenoxy) is 1. The molecule has 0 saturated carbocycles. The zero-order valence-corrected chi connectivity index (χ0v) is 13.3. The fourth-order valence-corrected chi connectivity index (χ4v) is 3.24. The second kappa shape index (κ2) is 5.04. The van der Waals surface area contributed by atoms with Gasteiger partial charge in [0.05, 0.1) is 24.3 Å². The fraction of sp³-hybridized carbons (Fsp3) is 1.00.